The lowest BCUT2D eigenvalue weighted by Gasteiger charge is -2.24. The summed E-state index contributed by atoms with van der Waals surface area (Å²) < 4.78 is 5.88. The van der Waals surface area contributed by atoms with Gasteiger partial charge < -0.3 is 15.4 Å². The fourth-order valence-electron chi connectivity index (χ4n) is 3.79. The molecular formula is C29H35N3O3. The first kappa shape index (κ1) is 25.8. The number of carbonyl (C=O) groups is 2. The number of amides is 3. The SMILES string of the molecule is CCCCC(CC)C(=O)NCCN(C(=O)Nc1ccccc1)c1ccc(Oc2ccccc2)cc1. The van der Waals surface area contributed by atoms with Crippen molar-refractivity contribution in [3.05, 3.63) is 84.9 Å². The molecule has 1 unspecified atom stereocenters. The van der Waals surface area contributed by atoms with Crippen LogP contribution >= 0.6 is 0 Å². The third-order valence-corrected chi connectivity index (χ3v) is 5.80. The van der Waals surface area contributed by atoms with Crippen molar-refractivity contribution in [2.24, 2.45) is 5.92 Å². The summed E-state index contributed by atoms with van der Waals surface area (Å²) in [6, 6.07) is 26.0. The van der Waals surface area contributed by atoms with Gasteiger partial charge in [-0.25, -0.2) is 4.79 Å². The molecule has 0 aliphatic heterocycles. The highest BCUT2D eigenvalue weighted by Gasteiger charge is 2.19. The summed E-state index contributed by atoms with van der Waals surface area (Å²) in [6.07, 6.45) is 3.81. The summed E-state index contributed by atoms with van der Waals surface area (Å²) >= 11 is 0. The molecule has 3 aromatic carbocycles. The minimum atomic E-state index is -0.264. The molecule has 184 valence electrons. The van der Waals surface area contributed by atoms with Gasteiger partial charge in [-0.15, -0.1) is 0 Å². The number of carbonyl (C=O) groups excluding carboxylic acids is 2. The first-order valence-corrected chi connectivity index (χ1v) is 12.3. The number of benzene rings is 3. The largest absolute Gasteiger partial charge is 0.457 e. The van der Waals surface area contributed by atoms with Gasteiger partial charge in [0, 0.05) is 30.4 Å². The van der Waals surface area contributed by atoms with E-state index in [0.717, 1.165) is 31.4 Å². The van der Waals surface area contributed by atoms with E-state index in [2.05, 4.69) is 17.6 Å². The highest BCUT2D eigenvalue weighted by atomic mass is 16.5. The Morgan fingerprint density at radius 3 is 2.11 bits per heavy atom. The van der Waals surface area contributed by atoms with Crippen LogP contribution in [0.1, 0.15) is 39.5 Å². The predicted octanol–water partition coefficient (Wildman–Crippen LogP) is 6.85. The monoisotopic (exact) mass is 473 g/mol. The van der Waals surface area contributed by atoms with Crippen molar-refractivity contribution in [3.8, 4) is 11.5 Å². The van der Waals surface area contributed by atoms with E-state index in [1.807, 2.05) is 91.9 Å². The lowest BCUT2D eigenvalue weighted by atomic mass is 9.98. The number of unbranched alkanes of at least 4 members (excludes halogenated alkanes) is 1. The molecular weight excluding hydrogens is 438 g/mol. The number of anilines is 2. The van der Waals surface area contributed by atoms with Crippen molar-refractivity contribution in [3.63, 3.8) is 0 Å². The van der Waals surface area contributed by atoms with Crippen LogP contribution in [0.2, 0.25) is 0 Å². The van der Waals surface area contributed by atoms with Gasteiger partial charge in [-0.2, -0.15) is 0 Å². The minimum absolute atomic E-state index is 0.0102. The van der Waals surface area contributed by atoms with Crippen LogP contribution in [-0.2, 0) is 4.79 Å². The molecule has 0 fully saturated rings. The number of urea groups is 1. The molecule has 0 heterocycles. The molecule has 3 aromatic rings. The van der Waals surface area contributed by atoms with Crippen molar-refractivity contribution in [1.82, 2.24) is 5.32 Å². The molecule has 2 N–H and O–H groups in total. The van der Waals surface area contributed by atoms with Gasteiger partial charge in [0.2, 0.25) is 5.91 Å². The zero-order valence-corrected chi connectivity index (χ0v) is 20.6. The standard InChI is InChI=1S/C29H35N3O3/c1-3-5-12-23(4-2)28(33)30-21-22-32(29(34)31-24-13-8-6-9-14-24)25-17-19-27(20-18-25)35-26-15-10-7-11-16-26/h6-11,13-20,23H,3-5,12,21-22H2,1-2H3,(H,30,33)(H,31,34). The zero-order chi connectivity index (χ0) is 24.9. The van der Waals surface area contributed by atoms with E-state index in [9.17, 15) is 9.59 Å². The summed E-state index contributed by atoms with van der Waals surface area (Å²) in [7, 11) is 0. The molecule has 0 bridgehead atoms. The van der Waals surface area contributed by atoms with Crippen molar-refractivity contribution < 1.29 is 14.3 Å². The predicted molar refractivity (Wildman–Crippen MR) is 142 cm³/mol. The van der Waals surface area contributed by atoms with Gasteiger partial charge in [-0.3, -0.25) is 9.69 Å². The maximum atomic E-state index is 13.2. The zero-order valence-electron chi connectivity index (χ0n) is 20.6. The van der Waals surface area contributed by atoms with Gasteiger partial charge >= 0.3 is 6.03 Å². The quantitative estimate of drug-likeness (QED) is 0.302. The molecule has 0 radical (unpaired) electrons. The van der Waals surface area contributed by atoms with Crippen molar-refractivity contribution in [2.45, 2.75) is 39.5 Å². The first-order valence-electron chi connectivity index (χ1n) is 12.3. The normalized spacial score (nSPS) is 11.4. The number of ether oxygens (including phenoxy) is 1. The maximum absolute atomic E-state index is 13.2. The van der Waals surface area contributed by atoms with Crippen LogP contribution in [0.4, 0.5) is 16.2 Å². The lowest BCUT2D eigenvalue weighted by Crippen LogP contribution is -2.42. The molecule has 0 aromatic heterocycles. The van der Waals surface area contributed by atoms with E-state index in [-0.39, 0.29) is 17.9 Å². The summed E-state index contributed by atoms with van der Waals surface area (Å²) in [5.41, 5.74) is 1.42. The Balaban J connectivity index is 1.68. The molecule has 3 amide bonds. The topological polar surface area (TPSA) is 70.7 Å². The maximum Gasteiger partial charge on any atom is 0.326 e. The molecule has 3 rings (SSSR count). The van der Waals surface area contributed by atoms with Crippen molar-refractivity contribution >= 4 is 23.3 Å². The van der Waals surface area contributed by atoms with Crippen LogP contribution in [0.5, 0.6) is 11.5 Å². The molecule has 0 saturated heterocycles. The summed E-state index contributed by atoms with van der Waals surface area (Å²) in [4.78, 5) is 27.4. The van der Waals surface area contributed by atoms with Crippen LogP contribution in [0, 0.1) is 5.92 Å². The smallest absolute Gasteiger partial charge is 0.326 e. The summed E-state index contributed by atoms with van der Waals surface area (Å²) in [6.45, 7) is 4.88. The van der Waals surface area contributed by atoms with Gasteiger partial charge in [-0.1, -0.05) is 63.1 Å². The lowest BCUT2D eigenvalue weighted by molar-refractivity contribution is -0.125. The second-order valence-corrected chi connectivity index (χ2v) is 8.40. The summed E-state index contributed by atoms with van der Waals surface area (Å²) in [5.74, 6) is 1.49. The number of hydrogen-bond acceptors (Lipinski definition) is 3. The van der Waals surface area contributed by atoms with Gasteiger partial charge in [0.25, 0.3) is 0 Å². The number of nitrogens with zero attached hydrogens (tertiary/aromatic N) is 1. The molecule has 0 saturated carbocycles. The van der Waals surface area contributed by atoms with E-state index < -0.39 is 0 Å². The Hall–Kier alpha value is -3.80. The molecule has 35 heavy (non-hydrogen) atoms. The molecule has 6 heteroatoms. The van der Waals surface area contributed by atoms with Crippen molar-refractivity contribution in [1.29, 1.82) is 0 Å². The van der Waals surface area contributed by atoms with Crippen LogP contribution in [-0.4, -0.2) is 25.0 Å². The molecule has 6 nitrogen and oxygen atoms in total. The van der Waals surface area contributed by atoms with Crippen molar-refractivity contribution in [2.75, 3.05) is 23.3 Å². The molecule has 1 atom stereocenters. The van der Waals surface area contributed by atoms with Gasteiger partial charge in [-0.05, 0) is 61.4 Å². The fraction of sp³-hybridized carbons (Fsp3) is 0.310. The Morgan fingerprint density at radius 1 is 0.857 bits per heavy atom. The number of hydrogen-bond donors (Lipinski definition) is 2. The van der Waals surface area contributed by atoms with Crippen LogP contribution < -0.4 is 20.3 Å². The second kappa shape index (κ2) is 13.8. The van der Waals surface area contributed by atoms with E-state index in [1.165, 1.54) is 0 Å². The fourth-order valence-corrected chi connectivity index (χ4v) is 3.79. The van der Waals surface area contributed by atoms with E-state index in [1.54, 1.807) is 4.90 Å². The summed E-state index contributed by atoms with van der Waals surface area (Å²) in [5, 5.41) is 5.96. The first-order chi connectivity index (χ1) is 17.1. The Bertz CT molecular complexity index is 1040. The molecule has 0 aliphatic carbocycles. The Morgan fingerprint density at radius 2 is 1.49 bits per heavy atom. The highest BCUT2D eigenvalue weighted by Crippen LogP contribution is 2.25. The third-order valence-electron chi connectivity index (χ3n) is 5.80. The molecule has 0 spiro atoms. The van der Waals surface area contributed by atoms with Gasteiger partial charge in [0.1, 0.15) is 11.5 Å². The third kappa shape index (κ3) is 8.18. The average Bonchev–Trinajstić information content (AvgIpc) is 2.89. The van der Waals surface area contributed by atoms with Gasteiger partial charge in [0.15, 0.2) is 0 Å². The van der Waals surface area contributed by atoms with E-state index in [0.29, 0.717) is 30.2 Å². The Labute approximate surface area is 208 Å². The van der Waals surface area contributed by atoms with E-state index >= 15 is 0 Å². The number of para-hydroxylation sites is 2. The van der Waals surface area contributed by atoms with Gasteiger partial charge in [0.05, 0.1) is 0 Å². The Kier molecular flexibility index (Phi) is 10.2. The van der Waals surface area contributed by atoms with Crippen LogP contribution in [0.3, 0.4) is 0 Å². The van der Waals surface area contributed by atoms with E-state index in [4.69, 9.17) is 4.74 Å². The number of rotatable bonds is 12. The second-order valence-electron chi connectivity index (χ2n) is 8.40. The minimum Gasteiger partial charge on any atom is -0.457 e. The number of nitrogens with one attached hydrogen (secondary N) is 2. The highest BCUT2D eigenvalue weighted by molar-refractivity contribution is 6.01. The van der Waals surface area contributed by atoms with Crippen LogP contribution in [0.15, 0.2) is 84.9 Å². The molecule has 0 aliphatic rings. The van der Waals surface area contributed by atoms with Crippen LogP contribution in [0.25, 0.3) is 0 Å². The average molecular weight is 474 g/mol.